The van der Waals surface area contributed by atoms with Crippen LogP contribution in [0.5, 0.6) is 0 Å². The fraction of sp³-hybridized carbons (Fsp3) is 0. The van der Waals surface area contributed by atoms with E-state index in [4.69, 9.17) is 29.3 Å². The minimum atomic E-state index is 0.610. The summed E-state index contributed by atoms with van der Waals surface area (Å²) >= 11 is 0. The molecule has 0 atom stereocenters. The van der Waals surface area contributed by atoms with Gasteiger partial charge in [-0.3, -0.25) is 9.97 Å². The average molecular weight is 858 g/mol. The molecule has 314 valence electrons. The predicted octanol–water partition coefficient (Wildman–Crippen LogP) is 15.6. The highest BCUT2D eigenvalue weighted by Crippen LogP contribution is 2.42. The summed E-state index contributed by atoms with van der Waals surface area (Å²) in [6, 6.07) is 77.0. The number of hydrogen-bond donors (Lipinski definition) is 0. The highest BCUT2D eigenvalue weighted by molar-refractivity contribution is 6.13. The van der Waals surface area contributed by atoms with Crippen LogP contribution < -0.4 is 0 Å². The Balaban J connectivity index is 0.943. The highest BCUT2D eigenvalue weighted by Gasteiger charge is 2.19. The van der Waals surface area contributed by atoms with Crippen molar-refractivity contribution in [3.63, 3.8) is 0 Å². The fourth-order valence-electron chi connectivity index (χ4n) is 8.82. The Morgan fingerprint density at radius 2 is 0.612 bits per heavy atom. The van der Waals surface area contributed by atoms with Crippen LogP contribution in [0.3, 0.4) is 0 Å². The lowest BCUT2D eigenvalue weighted by Crippen LogP contribution is -2.00. The molecule has 0 N–H and O–H groups in total. The third-order valence-corrected chi connectivity index (χ3v) is 12.3. The lowest BCUT2D eigenvalue weighted by Gasteiger charge is -2.12. The Labute approximate surface area is 387 Å². The molecule has 0 spiro atoms. The average Bonchev–Trinajstić information content (AvgIpc) is 3.81. The molecule has 0 aliphatic carbocycles. The fourth-order valence-corrected chi connectivity index (χ4v) is 8.82. The summed E-state index contributed by atoms with van der Waals surface area (Å²) in [6.07, 6.45) is 3.93. The minimum absolute atomic E-state index is 0.610. The summed E-state index contributed by atoms with van der Waals surface area (Å²) in [5.74, 6) is 1.87. The van der Waals surface area contributed by atoms with Crippen LogP contribution in [-0.2, 0) is 0 Å². The minimum Gasteiger partial charge on any atom is -0.455 e. The van der Waals surface area contributed by atoms with Gasteiger partial charge in [-0.05, 0) is 52.6 Å². The van der Waals surface area contributed by atoms with Gasteiger partial charge in [0.05, 0.1) is 11.4 Å². The van der Waals surface area contributed by atoms with Gasteiger partial charge in [0.15, 0.2) is 17.5 Å². The maximum Gasteiger partial charge on any atom is 0.164 e. The number of pyridine rings is 2. The zero-order chi connectivity index (χ0) is 44.5. The van der Waals surface area contributed by atoms with E-state index in [1.165, 1.54) is 0 Å². The first-order chi connectivity index (χ1) is 33.2. The first-order valence-electron chi connectivity index (χ1n) is 22.3. The molecular formula is C61H39N5O. The number of furan rings is 1. The maximum atomic E-state index is 7.03. The topological polar surface area (TPSA) is 77.6 Å². The van der Waals surface area contributed by atoms with E-state index in [1.807, 2.05) is 109 Å². The molecular weight excluding hydrogens is 819 g/mol. The Morgan fingerprint density at radius 3 is 1.03 bits per heavy atom. The van der Waals surface area contributed by atoms with Crippen LogP contribution in [0.2, 0.25) is 0 Å². The van der Waals surface area contributed by atoms with E-state index in [9.17, 15) is 0 Å². The van der Waals surface area contributed by atoms with Crippen LogP contribution in [0.1, 0.15) is 0 Å². The van der Waals surface area contributed by atoms with Gasteiger partial charge in [0.2, 0.25) is 0 Å². The Bertz CT molecular complexity index is 3530. The van der Waals surface area contributed by atoms with Crippen LogP contribution in [0, 0.1) is 0 Å². The molecule has 6 nitrogen and oxygen atoms in total. The summed E-state index contributed by atoms with van der Waals surface area (Å²) in [6.45, 7) is 0. The molecule has 12 rings (SSSR count). The molecule has 0 aliphatic rings. The Kier molecular flexibility index (Phi) is 10.1. The third-order valence-electron chi connectivity index (χ3n) is 12.3. The van der Waals surface area contributed by atoms with Crippen molar-refractivity contribution in [2.24, 2.45) is 0 Å². The molecule has 0 saturated heterocycles. The van der Waals surface area contributed by atoms with Gasteiger partial charge < -0.3 is 4.42 Å². The van der Waals surface area contributed by atoms with Crippen LogP contribution in [0.4, 0.5) is 0 Å². The molecule has 0 radical (unpaired) electrons. The Morgan fingerprint density at radius 1 is 0.254 bits per heavy atom. The second kappa shape index (κ2) is 17.1. The summed E-state index contributed by atoms with van der Waals surface area (Å²) in [7, 11) is 0. The molecule has 0 unspecified atom stereocenters. The first kappa shape index (κ1) is 39.5. The van der Waals surface area contributed by atoms with Gasteiger partial charge in [0.1, 0.15) is 11.2 Å². The molecule has 67 heavy (non-hydrogen) atoms. The zero-order valence-electron chi connectivity index (χ0n) is 36.2. The van der Waals surface area contributed by atoms with Crippen molar-refractivity contribution >= 4 is 21.9 Å². The molecule has 0 fully saturated rings. The zero-order valence-corrected chi connectivity index (χ0v) is 36.2. The van der Waals surface area contributed by atoms with E-state index in [2.05, 4.69) is 127 Å². The normalized spacial score (nSPS) is 11.3. The molecule has 0 bridgehead atoms. The smallest absolute Gasteiger partial charge is 0.164 e. The lowest BCUT2D eigenvalue weighted by molar-refractivity contribution is 0.671. The quantitative estimate of drug-likeness (QED) is 0.144. The molecule has 12 aromatic rings. The molecule has 0 amide bonds. The summed E-state index contributed by atoms with van der Waals surface area (Å²) in [4.78, 5) is 24.6. The summed E-state index contributed by atoms with van der Waals surface area (Å²) in [5, 5.41) is 2.10. The van der Waals surface area contributed by atoms with Crippen LogP contribution in [0.15, 0.2) is 241 Å². The highest BCUT2D eigenvalue weighted by atomic mass is 16.3. The first-order valence-corrected chi connectivity index (χ1v) is 22.3. The van der Waals surface area contributed by atoms with Crippen molar-refractivity contribution in [2.75, 3.05) is 0 Å². The molecule has 6 heteroatoms. The van der Waals surface area contributed by atoms with Gasteiger partial charge in [0, 0.05) is 73.2 Å². The van der Waals surface area contributed by atoms with Gasteiger partial charge >= 0.3 is 0 Å². The van der Waals surface area contributed by atoms with Crippen molar-refractivity contribution in [3.05, 3.63) is 237 Å². The van der Waals surface area contributed by atoms with E-state index in [0.29, 0.717) is 17.5 Å². The van der Waals surface area contributed by atoms with Crippen LogP contribution >= 0.6 is 0 Å². The molecule has 0 saturated carbocycles. The second-order valence-corrected chi connectivity index (χ2v) is 16.5. The van der Waals surface area contributed by atoms with E-state index in [0.717, 1.165) is 106 Å². The van der Waals surface area contributed by atoms with E-state index in [-0.39, 0.29) is 0 Å². The van der Waals surface area contributed by atoms with Crippen LogP contribution in [0.25, 0.3) is 123 Å². The molecule has 4 heterocycles. The van der Waals surface area contributed by atoms with Gasteiger partial charge in [-0.25, -0.2) is 15.0 Å². The SMILES string of the molecule is c1ccc(-c2ccc(-c3cc(-c4ccc(-c5ccccc5)nc4)cc(-c4cccc5c4oc4c(-c6ccc(-c7nc(-c8ccccc8)nc(-c8ccccc8)n7)cc6)cccc45)c3)cn2)cc1. The largest absolute Gasteiger partial charge is 0.455 e. The van der Waals surface area contributed by atoms with Crippen molar-refractivity contribution in [1.82, 2.24) is 24.9 Å². The number of aromatic nitrogens is 5. The number of para-hydroxylation sites is 2. The summed E-state index contributed by atoms with van der Waals surface area (Å²) in [5.41, 5.74) is 16.6. The van der Waals surface area contributed by atoms with Gasteiger partial charge in [-0.1, -0.05) is 194 Å². The number of rotatable bonds is 9. The van der Waals surface area contributed by atoms with Gasteiger partial charge in [0.25, 0.3) is 0 Å². The second-order valence-electron chi connectivity index (χ2n) is 16.5. The number of benzene rings is 8. The van der Waals surface area contributed by atoms with Gasteiger partial charge in [-0.15, -0.1) is 0 Å². The molecule has 4 aromatic heterocycles. The number of hydrogen-bond acceptors (Lipinski definition) is 6. The van der Waals surface area contributed by atoms with Crippen molar-refractivity contribution < 1.29 is 4.42 Å². The summed E-state index contributed by atoms with van der Waals surface area (Å²) < 4.78 is 7.03. The van der Waals surface area contributed by atoms with Crippen molar-refractivity contribution in [3.8, 4) is 101 Å². The van der Waals surface area contributed by atoms with E-state index in [1.54, 1.807) is 0 Å². The monoisotopic (exact) mass is 857 g/mol. The van der Waals surface area contributed by atoms with Gasteiger partial charge in [-0.2, -0.15) is 0 Å². The van der Waals surface area contributed by atoms with Crippen molar-refractivity contribution in [1.29, 1.82) is 0 Å². The third kappa shape index (κ3) is 7.73. The predicted molar refractivity (Wildman–Crippen MR) is 272 cm³/mol. The van der Waals surface area contributed by atoms with Crippen LogP contribution in [-0.4, -0.2) is 24.9 Å². The number of nitrogens with zero attached hydrogens (tertiary/aromatic N) is 5. The molecule has 0 aliphatic heterocycles. The number of fused-ring (bicyclic) bond motifs is 3. The van der Waals surface area contributed by atoms with E-state index < -0.39 is 0 Å². The standard InChI is InChI=1S/C61H39N5O/c1-5-15-41(16-6-1)55-33-31-46(38-62-55)48-35-49(47-32-34-56(63-39-47)42-17-7-2-8-18-42)37-50(36-48)52-24-14-26-54-53-25-13-23-51(57(53)67-58(52)54)40-27-29-45(30-28-40)61-65-59(43-19-9-3-10-20-43)64-60(66-61)44-21-11-4-12-22-44/h1-39H. The van der Waals surface area contributed by atoms with Crippen molar-refractivity contribution in [2.45, 2.75) is 0 Å². The van der Waals surface area contributed by atoms with E-state index >= 15 is 0 Å². The lowest BCUT2D eigenvalue weighted by atomic mass is 9.93. The Hall–Kier alpha value is -9.13. The molecule has 8 aromatic carbocycles. The maximum absolute atomic E-state index is 7.03.